The summed E-state index contributed by atoms with van der Waals surface area (Å²) < 4.78 is 3.60. The normalized spacial score (nSPS) is 16.2. The van der Waals surface area contributed by atoms with Crippen LogP contribution in [-0.2, 0) is 20.0 Å². The molecule has 2 aliphatic heterocycles. The first kappa shape index (κ1) is 18.6. The van der Waals surface area contributed by atoms with Gasteiger partial charge in [0, 0.05) is 25.6 Å². The third-order valence-corrected chi connectivity index (χ3v) is 6.33. The van der Waals surface area contributed by atoms with Gasteiger partial charge in [-0.1, -0.05) is 24.6 Å². The van der Waals surface area contributed by atoms with Crippen LogP contribution in [0.5, 0.6) is 0 Å². The van der Waals surface area contributed by atoms with E-state index < -0.39 is 0 Å². The van der Waals surface area contributed by atoms with Gasteiger partial charge in [0.05, 0.1) is 52.5 Å². The molecule has 1 aromatic carbocycles. The lowest BCUT2D eigenvalue weighted by Crippen LogP contribution is -2.17. The number of nitriles is 1. The Morgan fingerprint density at radius 1 is 1.19 bits per heavy atom. The monoisotopic (exact) mass is 420 g/mol. The average molecular weight is 420 g/mol. The van der Waals surface area contributed by atoms with E-state index in [9.17, 15) is 5.26 Å². The molecule has 0 radical (unpaired) electrons. The van der Waals surface area contributed by atoms with Gasteiger partial charge < -0.3 is 0 Å². The number of aromatic nitrogens is 6. The quantitative estimate of drug-likeness (QED) is 0.435. The Morgan fingerprint density at radius 2 is 2.06 bits per heavy atom. The molecule has 2 bridgehead atoms. The number of rotatable bonds is 0. The fraction of sp³-hybridized carbons (Fsp3) is 0.250. The summed E-state index contributed by atoms with van der Waals surface area (Å²) >= 11 is 0. The van der Waals surface area contributed by atoms with Crippen LogP contribution < -0.4 is 0 Å². The molecule has 0 amide bonds. The van der Waals surface area contributed by atoms with Crippen molar-refractivity contribution in [2.45, 2.75) is 32.7 Å². The Morgan fingerprint density at radius 3 is 2.91 bits per heavy atom. The molecule has 156 valence electrons. The van der Waals surface area contributed by atoms with Crippen LogP contribution in [0, 0.1) is 18.3 Å². The van der Waals surface area contributed by atoms with Crippen LogP contribution in [0.25, 0.3) is 16.9 Å². The molecule has 2 aliphatic rings. The van der Waals surface area contributed by atoms with E-state index in [-0.39, 0.29) is 5.92 Å². The maximum atomic E-state index is 9.86. The highest BCUT2D eigenvalue weighted by Crippen LogP contribution is 2.35. The van der Waals surface area contributed by atoms with Crippen molar-refractivity contribution < 1.29 is 0 Å². The zero-order valence-electron chi connectivity index (χ0n) is 18.0. The van der Waals surface area contributed by atoms with Crippen LogP contribution in [0.4, 0.5) is 0 Å². The van der Waals surface area contributed by atoms with E-state index in [1.165, 1.54) is 5.56 Å². The van der Waals surface area contributed by atoms with E-state index in [0.29, 0.717) is 24.4 Å². The van der Waals surface area contributed by atoms with E-state index >= 15 is 0 Å². The summed E-state index contributed by atoms with van der Waals surface area (Å²) in [5, 5.41) is 19.2. The van der Waals surface area contributed by atoms with E-state index in [1.54, 1.807) is 17.9 Å². The molecular formula is C24H20N8. The molecule has 3 aromatic heterocycles. The maximum Gasteiger partial charge on any atom is 0.147 e. The summed E-state index contributed by atoms with van der Waals surface area (Å²) in [7, 11) is 1.79. The van der Waals surface area contributed by atoms with Gasteiger partial charge in [0.2, 0.25) is 0 Å². The van der Waals surface area contributed by atoms with Crippen molar-refractivity contribution in [2.75, 3.05) is 0 Å². The van der Waals surface area contributed by atoms with Crippen LogP contribution >= 0.6 is 0 Å². The lowest BCUT2D eigenvalue weighted by atomic mass is 9.91. The average Bonchev–Trinajstić information content (AvgIpc) is 3.49. The van der Waals surface area contributed by atoms with Gasteiger partial charge in [-0.05, 0) is 24.6 Å². The number of benzene rings is 1. The number of nitrogens with zero attached hydrogens (tertiary/aromatic N) is 8. The van der Waals surface area contributed by atoms with Crippen LogP contribution in [0.2, 0.25) is 0 Å². The highest BCUT2D eigenvalue weighted by atomic mass is 15.3. The molecule has 4 aromatic rings. The second-order valence-electron chi connectivity index (χ2n) is 8.35. The standard InChI is InChI=1S/C24H20N8/c1-13-4-5-20-16(8-13)14(2)23-24-19(12-27-23)26-11-18(29-24)22-17(30-31(3)21(22)10-25)9-15-6-7-28-32(15)20/h4-8,11,14H,9,12H2,1-3H3/t14-/m1/s1. The number of aryl methyl sites for hydroxylation is 2. The van der Waals surface area contributed by atoms with Gasteiger partial charge in [-0.25, -0.2) is 9.67 Å². The van der Waals surface area contributed by atoms with Gasteiger partial charge >= 0.3 is 0 Å². The largest absolute Gasteiger partial charge is 0.280 e. The lowest BCUT2D eigenvalue weighted by molar-refractivity contribution is 0.730. The van der Waals surface area contributed by atoms with Crippen molar-refractivity contribution in [3.63, 3.8) is 0 Å². The Balaban J connectivity index is 1.70. The summed E-state index contributed by atoms with van der Waals surface area (Å²) in [4.78, 5) is 14.5. The summed E-state index contributed by atoms with van der Waals surface area (Å²) in [5.41, 5.74) is 9.55. The minimum Gasteiger partial charge on any atom is -0.280 e. The molecule has 0 N–H and O–H groups in total. The second-order valence-corrected chi connectivity index (χ2v) is 8.35. The molecule has 0 unspecified atom stereocenters. The summed E-state index contributed by atoms with van der Waals surface area (Å²) in [6.07, 6.45) is 4.07. The summed E-state index contributed by atoms with van der Waals surface area (Å²) in [5.74, 6) is 0.0102. The molecule has 1 atom stereocenters. The van der Waals surface area contributed by atoms with Crippen molar-refractivity contribution in [2.24, 2.45) is 12.0 Å². The zero-order chi connectivity index (χ0) is 22.0. The Labute approximate surface area is 184 Å². The molecule has 8 heteroatoms. The first-order valence-electron chi connectivity index (χ1n) is 10.6. The summed E-state index contributed by atoms with van der Waals surface area (Å²) in [6.45, 7) is 4.77. The van der Waals surface area contributed by atoms with Crippen LogP contribution in [0.15, 0.2) is 41.7 Å². The smallest absolute Gasteiger partial charge is 0.147 e. The van der Waals surface area contributed by atoms with Gasteiger partial charge in [-0.3, -0.25) is 14.7 Å². The minimum absolute atomic E-state index is 0.0102. The van der Waals surface area contributed by atoms with E-state index in [2.05, 4.69) is 53.3 Å². The molecule has 0 aliphatic carbocycles. The molecule has 32 heavy (non-hydrogen) atoms. The first-order valence-corrected chi connectivity index (χ1v) is 10.6. The predicted octanol–water partition coefficient (Wildman–Crippen LogP) is 3.25. The molecule has 0 saturated heterocycles. The second kappa shape index (κ2) is 6.69. The number of aliphatic imine (C=N–C) groups is 1. The maximum absolute atomic E-state index is 9.86. The molecule has 0 saturated carbocycles. The molecular weight excluding hydrogens is 400 g/mol. The Bertz CT molecular complexity index is 1480. The van der Waals surface area contributed by atoms with Gasteiger partial charge in [0.25, 0.3) is 0 Å². The predicted molar refractivity (Wildman–Crippen MR) is 119 cm³/mol. The van der Waals surface area contributed by atoms with Crippen molar-refractivity contribution in [1.29, 1.82) is 5.26 Å². The zero-order valence-corrected chi connectivity index (χ0v) is 18.0. The number of fused-ring (bicyclic) bond motifs is 6. The third-order valence-electron chi connectivity index (χ3n) is 6.33. The molecule has 8 nitrogen and oxygen atoms in total. The van der Waals surface area contributed by atoms with Gasteiger partial charge in [-0.2, -0.15) is 15.5 Å². The first-order chi connectivity index (χ1) is 15.5. The van der Waals surface area contributed by atoms with Crippen LogP contribution in [0.1, 0.15) is 52.4 Å². The fourth-order valence-electron chi connectivity index (χ4n) is 4.75. The van der Waals surface area contributed by atoms with E-state index in [0.717, 1.165) is 45.3 Å². The van der Waals surface area contributed by atoms with Gasteiger partial charge in [0.1, 0.15) is 17.5 Å². The van der Waals surface area contributed by atoms with E-state index in [4.69, 9.17) is 9.98 Å². The molecule has 6 rings (SSSR count). The van der Waals surface area contributed by atoms with Gasteiger partial charge in [-0.15, -0.1) is 0 Å². The Kier molecular flexibility index (Phi) is 3.89. The highest BCUT2D eigenvalue weighted by molar-refractivity contribution is 6.06. The number of hydrogen-bond acceptors (Lipinski definition) is 6. The van der Waals surface area contributed by atoms with Gasteiger partial charge in [0.15, 0.2) is 0 Å². The topological polar surface area (TPSA) is 97.6 Å². The SMILES string of the molecule is Cc1ccc2c(c1)[C@@H](C)C1=NCc3ncc(nc31)-c1c(nn(C)c1C#N)Cc1ccnn1-2. The molecule has 5 heterocycles. The van der Waals surface area contributed by atoms with E-state index in [1.807, 2.05) is 16.9 Å². The van der Waals surface area contributed by atoms with Crippen LogP contribution in [0.3, 0.4) is 0 Å². The highest BCUT2D eigenvalue weighted by Gasteiger charge is 2.30. The number of hydrogen-bond donors (Lipinski definition) is 0. The lowest BCUT2D eigenvalue weighted by Gasteiger charge is -2.20. The fourth-order valence-corrected chi connectivity index (χ4v) is 4.75. The van der Waals surface area contributed by atoms with Crippen molar-refractivity contribution in [1.82, 2.24) is 29.5 Å². The minimum atomic E-state index is 0.0102. The molecule has 0 fully saturated rings. The summed E-state index contributed by atoms with van der Waals surface area (Å²) in [6, 6.07) is 10.7. The Hall–Kier alpha value is -4.12. The molecule has 0 spiro atoms. The van der Waals surface area contributed by atoms with Crippen molar-refractivity contribution in [3.8, 4) is 23.0 Å². The van der Waals surface area contributed by atoms with Crippen molar-refractivity contribution >= 4 is 5.71 Å². The van der Waals surface area contributed by atoms with Crippen LogP contribution in [-0.4, -0.2) is 35.2 Å². The van der Waals surface area contributed by atoms with Crippen molar-refractivity contribution in [3.05, 3.63) is 76.3 Å². The third kappa shape index (κ3) is 2.57.